The summed E-state index contributed by atoms with van der Waals surface area (Å²) in [5.41, 5.74) is 2.80. The monoisotopic (exact) mass is 289 g/mol. The summed E-state index contributed by atoms with van der Waals surface area (Å²) in [7, 11) is 0. The van der Waals surface area contributed by atoms with Gasteiger partial charge in [0, 0.05) is 12.1 Å². The molecule has 0 bridgehead atoms. The van der Waals surface area contributed by atoms with Gasteiger partial charge in [-0.25, -0.2) is 0 Å². The lowest BCUT2D eigenvalue weighted by Crippen LogP contribution is -2.22. The summed E-state index contributed by atoms with van der Waals surface area (Å²) in [6.45, 7) is 3.67. The Morgan fingerprint density at radius 2 is 1.81 bits per heavy atom. The molecule has 0 aromatic heterocycles. The van der Waals surface area contributed by atoms with Crippen LogP contribution in [0.4, 0.5) is 5.69 Å². The van der Waals surface area contributed by atoms with E-state index in [9.17, 15) is 9.59 Å². The average molecular weight is 289 g/mol. The van der Waals surface area contributed by atoms with E-state index >= 15 is 0 Å². The third-order valence-corrected chi connectivity index (χ3v) is 4.04. The summed E-state index contributed by atoms with van der Waals surface area (Å²) in [5, 5.41) is 2.81. The molecule has 21 heavy (non-hydrogen) atoms. The zero-order chi connectivity index (χ0) is 15.2. The number of hydrogen-bond donors (Lipinski definition) is 1. The van der Waals surface area contributed by atoms with Crippen LogP contribution in [-0.4, -0.2) is 18.5 Å². The van der Waals surface area contributed by atoms with Crippen molar-refractivity contribution in [3.63, 3.8) is 0 Å². The van der Waals surface area contributed by atoms with Gasteiger partial charge >= 0.3 is 5.97 Å². The van der Waals surface area contributed by atoms with Crippen molar-refractivity contribution >= 4 is 17.6 Å². The number of aryl methyl sites for hydroxylation is 2. The molecule has 0 radical (unpaired) electrons. The highest BCUT2D eigenvalue weighted by Gasteiger charge is 2.19. The van der Waals surface area contributed by atoms with Crippen LogP contribution >= 0.6 is 0 Å². The highest BCUT2D eigenvalue weighted by atomic mass is 16.5. The van der Waals surface area contributed by atoms with Crippen LogP contribution in [0.25, 0.3) is 0 Å². The molecule has 114 valence electrons. The Bertz CT molecular complexity index is 499. The summed E-state index contributed by atoms with van der Waals surface area (Å²) in [6.07, 6.45) is 5.04. The standard InChI is InChI=1S/C17H23NO3/c1-12-6-5-7-13(2)17(12)18-15(19)11-21-16(20)10-14-8-3-4-9-14/h5-7,14H,3-4,8-11H2,1-2H3,(H,18,19). The van der Waals surface area contributed by atoms with Crippen molar-refractivity contribution in [2.75, 3.05) is 11.9 Å². The van der Waals surface area contributed by atoms with Crippen molar-refractivity contribution in [1.29, 1.82) is 0 Å². The van der Waals surface area contributed by atoms with Crippen LogP contribution in [-0.2, 0) is 14.3 Å². The Hall–Kier alpha value is -1.84. The van der Waals surface area contributed by atoms with Crippen molar-refractivity contribution in [3.8, 4) is 0 Å². The van der Waals surface area contributed by atoms with E-state index in [4.69, 9.17) is 4.74 Å². The lowest BCUT2D eigenvalue weighted by atomic mass is 10.0. The number of para-hydroxylation sites is 1. The van der Waals surface area contributed by atoms with Crippen molar-refractivity contribution < 1.29 is 14.3 Å². The molecule has 0 aliphatic heterocycles. The van der Waals surface area contributed by atoms with Gasteiger partial charge in [0.1, 0.15) is 0 Å². The quantitative estimate of drug-likeness (QED) is 0.846. The van der Waals surface area contributed by atoms with Gasteiger partial charge in [0.25, 0.3) is 5.91 Å². The van der Waals surface area contributed by atoms with Crippen molar-refractivity contribution in [2.24, 2.45) is 5.92 Å². The first-order valence-electron chi connectivity index (χ1n) is 7.58. The van der Waals surface area contributed by atoms with Crippen LogP contribution in [0.3, 0.4) is 0 Å². The minimum atomic E-state index is -0.285. The molecule has 4 heteroatoms. The van der Waals surface area contributed by atoms with Gasteiger partial charge in [-0.05, 0) is 43.7 Å². The van der Waals surface area contributed by atoms with E-state index in [2.05, 4.69) is 5.32 Å². The van der Waals surface area contributed by atoms with Crippen molar-refractivity contribution in [1.82, 2.24) is 0 Å². The largest absolute Gasteiger partial charge is 0.456 e. The SMILES string of the molecule is Cc1cccc(C)c1NC(=O)COC(=O)CC1CCCC1. The van der Waals surface area contributed by atoms with Gasteiger partial charge in [0.15, 0.2) is 6.61 Å². The molecule has 1 aromatic carbocycles. The lowest BCUT2D eigenvalue weighted by Gasteiger charge is -2.12. The summed E-state index contributed by atoms with van der Waals surface area (Å²) in [6, 6.07) is 5.82. The van der Waals surface area contributed by atoms with Gasteiger partial charge in [-0.1, -0.05) is 31.0 Å². The van der Waals surface area contributed by atoms with E-state index in [1.165, 1.54) is 12.8 Å². The Morgan fingerprint density at radius 3 is 2.43 bits per heavy atom. The highest BCUT2D eigenvalue weighted by Crippen LogP contribution is 2.27. The van der Waals surface area contributed by atoms with Crippen LogP contribution in [0.2, 0.25) is 0 Å². The zero-order valence-electron chi connectivity index (χ0n) is 12.8. The maximum atomic E-state index is 11.9. The second-order valence-corrected chi connectivity index (χ2v) is 5.83. The van der Waals surface area contributed by atoms with Crippen LogP contribution in [0.15, 0.2) is 18.2 Å². The fourth-order valence-corrected chi connectivity index (χ4v) is 2.84. The van der Waals surface area contributed by atoms with E-state index in [0.29, 0.717) is 12.3 Å². The van der Waals surface area contributed by atoms with Gasteiger partial charge in [-0.3, -0.25) is 9.59 Å². The fourth-order valence-electron chi connectivity index (χ4n) is 2.84. The maximum absolute atomic E-state index is 11.9. The van der Waals surface area contributed by atoms with Gasteiger partial charge < -0.3 is 10.1 Å². The molecule has 1 aromatic rings. The molecule has 1 N–H and O–H groups in total. The molecule has 0 heterocycles. The highest BCUT2D eigenvalue weighted by molar-refractivity contribution is 5.94. The van der Waals surface area contributed by atoms with E-state index in [0.717, 1.165) is 29.7 Å². The lowest BCUT2D eigenvalue weighted by molar-refractivity contribution is -0.148. The predicted molar refractivity (Wildman–Crippen MR) is 82.1 cm³/mol. The second-order valence-electron chi connectivity index (χ2n) is 5.83. The second kappa shape index (κ2) is 7.25. The van der Waals surface area contributed by atoms with E-state index < -0.39 is 0 Å². The normalized spacial score (nSPS) is 15.0. The third kappa shape index (κ3) is 4.59. The van der Waals surface area contributed by atoms with Gasteiger partial charge in [0.2, 0.25) is 0 Å². The molecule has 0 saturated heterocycles. The minimum absolute atomic E-state index is 0.209. The van der Waals surface area contributed by atoms with Crippen LogP contribution in [0.5, 0.6) is 0 Å². The van der Waals surface area contributed by atoms with Crippen molar-refractivity contribution in [3.05, 3.63) is 29.3 Å². The van der Waals surface area contributed by atoms with Crippen LogP contribution in [0, 0.1) is 19.8 Å². The zero-order valence-corrected chi connectivity index (χ0v) is 12.8. The number of benzene rings is 1. The number of esters is 1. The molecule has 0 spiro atoms. The topological polar surface area (TPSA) is 55.4 Å². The molecule has 1 amide bonds. The number of hydrogen-bond acceptors (Lipinski definition) is 3. The first-order chi connectivity index (χ1) is 10.1. The number of rotatable bonds is 5. The summed E-state index contributed by atoms with van der Waals surface area (Å²) in [4.78, 5) is 23.6. The predicted octanol–water partition coefficient (Wildman–Crippen LogP) is 3.37. The summed E-state index contributed by atoms with van der Waals surface area (Å²) < 4.78 is 5.07. The van der Waals surface area contributed by atoms with Crippen molar-refractivity contribution in [2.45, 2.75) is 46.0 Å². The molecule has 1 fully saturated rings. The van der Waals surface area contributed by atoms with Gasteiger partial charge in [0.05, 0.1) is 0 Å². The van der Waals surface area contributed by atoms with Crippen LogP contribution in [0.1, 0.15) is 43.2 Å². The third-order valence-electron chi connectivity index (χ3n) is 4.04. The molecule has 2 rings (SSSR count). The number of amides is 1. The molecule has 4 nitrogen and oxygen atoms in total. The van der Waals surface area contributed by atoms with Gasteiger partial charge in [-0.2, -0.15) is 0 Å². The number of carbonyl (C=O) groups excluding carboxylic acids is 2. The molecular weight excluding hydrogens is 266 g/mol. The Labute approximate surface area is 125 Å². The number of nitrogens with one attached hydrogen (secondary N) is 1. The van der Waals surface area contributed by atoms with Crippen LogP contribution < -0.4 is 5.32 Å². The maximum Gasteiger partial charge on any atom is 0.306 e. The molecule has 0 atom stereocenters. The minimum Gasteiger partial charge on any atom is -0.456 e. The fraction of sp³-hybridized carbons (Fsp3) is 0.529. The smallest absolute Gasteiger partial charge is 0.306 e. The van der Waals surface area contributed by atoms with Gasteiger partial charge in [-0.15, -0.1) is 0 Å². The Kier molecular flexibility index (Phi) is 5.37. The molecular formula is C17H23NO3. The summed E-state index contributed by atoms with van der Waals surface area (Å²) >= 11 is 0. The first-order valence-corrected chi connectivity index (χ1v) is 7.58. The summed E-state index contributed by atoms with van der Waals surface area (Å²) in [5.74, 6) is -0.107. The number of carbonyl (C=O) groups is 2. The number of anilines is 1. The Morgan fingerprint density at radius 1 is 1.19 bits per heavy atom. The first kappa shape index (κ1) is 15.5. The molecule has 1 aliphatic rings. The van der Waals surface area contributed by atoms with E-state index in [-0.39, 0.29) is 18.5 Å². The number of ether oxygens (including phenoxy) is 1. The Balaban J connectivity index is 1.78. The van der Waals surface area contributed by atoms with E-state index in [1.807, 2.05) is 32.0 Å². The van der Waals surface area contributed by atoms with E-state index in [1.54, 1.807) is 0 Å². The molecule has 1 saturated carbocycles. The molecule has 1 aliphatic carbocycles. The average Bonchev–Trinajstić information content (AvgIpc) is 2.94. The molecule has 0 unspecified atom stereocenters.